The van der Waals surface area contributed by atoms with Crippen molar-refractivity contribution in [3.63, 3.8) is 0 Å². The van der Waals surface area contributed by atoms with Gasteiger partial charge in [0.1, 0.15) is 5.75 Å². The van der Waals surface area contributed by atoms with Crippen molar-refractivity contribution in [2.24, 2.45) is 5.73 Å². The van der Waals surface area contributed by atoms with E-state index < -0.39 is 0 Å². The number of hydrogen-bond acceptors (Lipinski definition) is 6. The van der Waals surface area contributed by atoms with E-state index in [9.17, 15) is 0 Å². The van der Waals surface area contributed by atoms with Crippen LogP contribution in [0.5, 0.6) is 5.75 Å². The van der Waals surface area contributed by atoms with Crippen molar-refractivity contribution in [3.05, 3.63) is 35.7 Å². The average molecular weight is 289 g/mol. The minimum Gasteiger partial charge on any atom is -0.493 e. The lowest BCUT2D eigenvalue weighted by Gasteiger charge is -2.04. The number of benzene rings is 1. The molecular formula is C14H15N3O2S. The van der Waals surface area contributed by atoms with Gasteiger partial charge in [0.15, 0.2) is 0 Å². The summed E-state index contributed by atoms with van der Waals surface area (Å²) in [5.74, 6) is 7.90. The SMILES string of the molecule is Cc1nnc(SCCOc2ccc(C#CCN)cc2)o1. The Kier molecular flexibility index (Phi) is 5.47. The molecule has 0 aliphatic rings. The minimum absolute atomic E-state index is 0.366. The van der Waals surface area contributed by atoms with E-state index in [0.29, 0.717) is 24.3 Å². The Morgan fingerprint density at radius 3 is 2.75 bits per heavy atom. The lowest BCUT2D eigenvalue weighted by Crippen LogP contribution is -2.00. The van der Waals surface area contributed by atoms with Gasteiger partial charge in [-0.05, 0) is 24.3 Å². The highest BCUT2D eigenvalue weighted by Gasteiger charge is 2.02. The first kappa shape index (κ1) is 14.4. The third-order valence-corrected chi connectivity index (χ3v) is 3.06. The number of hydrogen-bond donors (Lipinski definition) is 1. The number of rotatable bonds is 5. The Bertz CT molecular complexity index is 599. The van der Waals surface area contributed by atoms with Crippen molar-refractivity contribution >= 4 is 11.8 Å². The summed E-state index contributed by atoms with van der Waals surface area (Å²) >= 11 is 1.47. The van der Waals surface area contributed by atoms with Crippen molar-refractivity contribution in [1.82, 2.24) is 10.2 Å². The molecule has 1 heterocycles. The first-order chi connectivity index (χ1) is 9.78. The number of nitrogens with zero attached hydrogens (tertiary/aromatic N) is 2. The number of nitrogens with two attached hydrogens (primary N) is 1. The third-order valence-electron chi connectivity index (χ3n) is 2.27. The zero-order valence-electron chi connectivity index (χ0n) is 11.1. The molecule has 5 nitrogen and oxygen atoms in total. The van der Waals surface area contributed by atoms with Crippen molar-refractivity contribution in [1.29, 1.82) is 0 Å². The van der Waals surface area contributed by atoms with Gasteiger partial charge < -0.3 is 14.9 Å². The van der Waals surface area contributed by atoms with Gasteiger partial charge in [0.2, 0.25) is 5.89 Å². The molecule has 0 fully saturated rings. The van der Waals surface area contributed by atoms with Crippen LogP contribution in [0.3, 0.4) is 0 Å². The maximum Gasteiger partial charge on any atom is 0.276 e. The summed E-state index contributed by atoms with van der Waals surface area (Å²) in [5, 5.41) is 8.22. The second-order valence-electron chi connectivity index (χ2n) is 3.81. The molecule has 0 bridgehead atoms. The molecule has 6 heteroatoms. The molecule has 0 spiro atoms. The molecule has 0 amide bonds. The molecule has 1 aromatic heterocycles. The molecule has 2 aromatic rings. The smallest absolute Gasteiger partial charge is 0.276 e. The van der Waals surface area contributed by atoms with E-state index in [1.807, 2.05) is 24.3 Å². The van der Waals surface area contributed by atoms with Crippen LogP contribution in [0.25, 0.3) is 0 Å². The molecule has 1 aromatic carbocycles. The number of aryl methyl sites for hydroxylation is 1. The van der Waals surface area contributed by atoms with Crippen molar-refractivity contribution in [3.8, 4) is 17.6 Å². The van der Waals surface area contributed by atoms with Gasteiger partial charge in [-0.25, -0.2) is 0 Å². The molecule has 0 saturated heterocycles. The highest BCUT2D eigenvalue weighted by atomic mass is 32.2. The first-order valence-electron chi connectivity index (χ1n) is 6.12. The van der Waals surface area contributed by atoms with E-state index in [1.165, 1.54) is 11.8 Å². The summed E-state index contributed by atoms with van der Waals surface area (Å²) < 4.78 is 10.9. The van der Waals surface area contributed by atoms with Gasteiger partial charge in [0.05, 0.1) is 13.2 Å². The van der Waals surface area contributed by atoms with E-state index in [1.54, 1.807) is 6.92 Å². The van der Waals surface area contributed by atoms with Crippen molar-refractivity contribution in [2.75, 3.05) is 18.9 Å². The highest BCUT2D eigenvalue weighted by Crippen LogP contribution is 2.16. The van der Waals surface area contributed by atoms with E-state index >= 15 is 0 Å². The monoisotopic (exact) mass is 289 g/mol. The van der Waals surface area contributed by atoms with Crippen molar-refractivity contribution < 1.29 is 9.15 Å². The Morgan fingerprint density at radius 2 is 2.10 bits per heavy atom. The second kappa shape index (κ2) is 7.58. The number of ether oxygens (including phenoxy) is 1. The summed E-state index contributed by atoms with van der Waals surface area (Å²) in [7, 11) is 0. The first-order valence-corrected chi connectivity index (χ1v) is 7.11. The number of thioether (sulfide) groups is 1. The molecule has 20 heavy (non-hydrogen) atoms. The van der Waals surface area contributed by atoms with Gasteiger partial charge in [0.25, 0.3) is 5.22 Å². The van der Waals surface area contributed by atoms with Crippen LogP contribution in [0.2, 0.25) is 0 Å². The highest BCUT2D eigenvalue weighted by molar-refractivity contribution is 7.99. The molecule has 0 atom stereocenters. The summed E-state index contributed by atoms with van der Waals surface area (Å²) in [4.78, 5) is 0. The van der Waals surface area contributed by atoms with E-state index in [4.69, 9.17) is 14.9 Å². The largest absolute Gasteiger partial charge is 0.493 e. The average Bonchev–Trinajstić information content (AvgIpc) is 2.88. The predicted molar refractivity (Wildman–Crippen MR) is 77.6 cm³/mol. The van der Waals surface area contributed by atoms with E-state index in [0.717, 1.165) is 17.1 Å². The fourth-order valence-corrected chi connectivity index (χ4v) is 2.03. The Morgan fingerprint density at radius 1 is 1.30 bits per heavy atom. The fraction of sp³-hybridized carbons (Fsp3) is 0.286. The van der Waals surface area contributed by atoms with Crippen LogP contribution in [0, 0.1) is 18.8 Å². The molecule has 0 saturated carbocycles. The van der Waals surface area contributed by atoms with Crippen molar-refractivity contribution in [2.45, 2.75) is 12.1 Å². The summed E-state index contributed by atoms with van der Waals surface area (Å²) in [6.07, 6.45) is 0. The molecule has 2 rings (SSSR count). The van der Waals surface area contributed by atoms with Gasteiger partial charge >= 0.3 is 0 Å². The molecular weight excluding hydrogens is 274 g/mol. The molecule has 0 unspecified atom stereocenters. The fourth-order valence-electron chi connectivity index (χ4n) is 1.41. The Balaban J connectivity index is 1.74. The van der Waals surface area contributed by atoms with Crippen LogP contribution < -0.4 is 10.5 Å². The van der Waals surface area contributed by atoms with Gasteiger partial charge in [-0.3, -0.25) is 0 Å². The Hall–Kier alpha value is -1.97. The summed E-state index contributed by atoms with van der Waals surface area (Å²) in [5.41, 5.74) is 6.25. The Labute approximate surface area is 121 Å². The van der Waals surface area contributed by atoms with Gasteiger partial charge in [-0.15, -0.1) is 10.2 Å². The van der Waals surface area contributed by atoms with Crippen LogP contribution >= 0.6 is 11.8 Å². The maximum absolute atomic E-state index is 5.61. The molecule has 0 radical (unpaired) electrons. The zero-order valence-corrected chi connectivity index (χ0v) is 11.9. The summed E-state index contributed by atoms with van der Waals surface area (Å²) in [6, 6.07) is 7.60. The van der Waals surface area contributed by atoms with Gasteiger partial charge in [-0.2, -0.15) is 0 Å². The van der Waals surface area contributed by atoms with Crippen LogP contribution in [-0.4, -0.2) is 29.1 Å². The third kappa shape index (κ3) is 4.61. The van der Waals surface area contributed by atoms with E-state index in [-0.39, 0.29) is 0 Å². The molecule has 0 aliphatic heterocycles. The molecule has 0 aliphatic carbocycles. The van der Waals surface area contributed by atoms with Gasteiger partial charge in [-0.1, -0.05) is 23.6 Å². The van der Waals surface area contributed by atoms with Crippen LogP contribution in [0.1, 0.15) is 11.5 Å². The van der Waals surface area contributed by atoms with Crippen LogP contribution in [0.4, 0.5) is 0 Å². The molecule has 2 N–H and O–H groups in total. The maximum atomic E-state index is 5.61. The summed E-state index contributed by atoms with van der Waals surface area (Å²) in [6.45, 7) is 2.70. The standard InChI is InChI=1S/C14H15N3O2S/c1-11-16-17-14(19-11)20-10-9-18-13-6-4-12(5-7-13)3-2-8-15/h4-7H,8-10,15H2,1H3. The number of aromatic nitrogens is 2. The normalized spacial score (nSPS) is 9.90. The van der Waals surface area contributed by atoms with Gasteiger partial charge in [0, 0.05) is 18.2 Å². The zero-order chi connectivity index (χ0) is 14.2. The lowest BCUT2D eigenvalue weighted by atomic mass is 10.2. The predicted octanol–water partition coefficient (Wildman–Crippen LogP) is 1.86. The lowest BCUT2D eigenvalue weighted by molar-refractivity contribution is 0.343. The van der Waals surface area contributed by atoms with Crippen LogP contribution in [-0.2, 0) is 0 Å². The topological polar surface area (TPSA) is 74.2 Å². The van der Waals surface area contributed by atoms with Crippen LogP contribution in [0.15, 0.2) is 33.9 Å². The van der Waals surface area contributed by atoms with E-state index in [2.05, 4.69) is 22.0 Å². The minimum atomic E-state index is 0.366. The quantitative estimate of drug-likeness (QED) is 0.514. The molecule has 104 valence electrons. The second-order valence-corrected chi connectivity index (χ2v) is 4.86.